The largest absolute Gasteiger partial charge is 0.493 e. The molecule has 0 aliphatic rings. The van der Waals surface area contributed by atoms with E-state index in [0.717, 1.165) is 5.56 Å². The summed E-state index contributed by atoms with van der Waals surface area (Å²) >= 11 is 0. The highest BCUT2D eigenvalue weighted by atomic mass is 16.5. The third-order valence-corrected chi connectivity index (χ3v) is 3.23. The number of carbonyl (C=O) groups excluding carboxylic acids is 1. The molecule has 1 unspecified atom stereocenters. The van der Waals surface area contributed by atoms with Crippen LogP contribution >= 0.6 is 0 Å². The van der Waals surface area contributed by atoms with Crippen molar-refractivity contribution in [3.05, 3.63) is 54.1 Å². The number of hydrogen-bond donors (Lipinski definition) is 1. The zero-order chi connectivity index (χ0) is 15.9. The van der Waals surface area contributed by atoms with Crippen molar-refractivity contribution in [1.29, 1.82) is 0 Å². The van der Waals surface area contributed by atoms with Gasteiger partial charge in [0.2, 0.25) is 0 Å². The van der Waals surface area contributed by atoms with Crippen LogP contribution in [0.5, 0.6) is 11.5 Å². The summed E-state index contributed by atoms with van der Waals surface area (Å²) in [7, 11) is 4.61. The third-order valence-electron chi connectivity index (χ3n) is 3.23. The van der Waals surface area contributed by atoms with E-state index in [0.29, 0.717) is 17.2 Å². The Morgan fingerprint density at radius 3 is 2.23 bits per heavy atom. The highest BCUT2D eigenvalue weighted by Crippen LogP contribution is 2.30. The Morgan fingerprint density at radius 2 is 1.64 bits per heavy atom. The van der Waals surface area contributed by atoms with Gasteiger partial charge in [-0.25, -0.2) is 0 Å². The molecule has 1 amide bonds. The zero-order valence-corrected chi connectivity index (χ0v) is 12.8. The topological polar surface area (TPSA) is 56.8 Å². The first kappa shape index (κ1) is 15.9. The van der Waals surface area contributed by atoms with Crippen LogP contribution < -0.4 is 14.8 Å². The van der Waals surface area contributed by atoms with E-state index in [2.05, 4.69) is 5.32 Å². The van der Waals surface area contributed by atoms with Crippen molar-refractivity contribution in [3.63, 3.8) is 0 Å². The van der Waals surface area contributed by atoms with Crippen molar-refractivity contribution >= 4 is 11.6 Å². The van der Waals surface area contributed by atoms with Crippen molar-refractivity contribution < 1.29 is 19.0 Å². The van der Waals surface area contributed by atoms with Crippen LogP contribution in [0.25, 0.3) is 0 Å². The second-order valence-corrected chi connectivity index (χ2v) is 4.59. The SMILES string of the molecule is COc1ccc(NC(=O)C(OC)c2ccccc2)cc1OC. The smallest absolute Gasteiger partial charge is 0.258 e. The van der Waals surface area contributed by atoms with Crippen LogP contribution in [0.4, 0.5) is 5.69 Å². The first-order valence-electron chi connectivity index (χ1n) is 6.80. The van der Waals surface area contributed by atoms with E-state index >= 15 is 0 Å². The van der Waals surface area contributed by atoms with Crippen LogP contribution in [-0.4, -0.2) is 27.2 Å². The number of methoxy groups -OCH3 is 3. The van der Waals surface area contributed by atoms with E-state index in [4.69, 9.17) is 14.2 Å². The molecule has 0 fully saturated rings. The average molecular weight is 301 g/mol. The summed E-state index contributed by atoms with van der Waals surface area (Å²) in [5, 5.41) is 2.82. The van der Waals surface area contributed by atoms with Gasteiger partial charge in [0.05, 0.1) is 14.2 Å². The highest BCUT2D eigenvalue weighted by molar-refractivity contribution is 5.95. The summed E-state index contributed by atoms with van der Waals surface area (Å²) in [5.41, 5.74) is 1.41. The lowest BCUT2D eigenvalue weighted by Crippen LogP contribution is -2.22. The fraction of sp³-hybridized carbons (Fsp3) is 0.235. The Bertz CT molecular complexity index is 628. The lowest BCUT2D eigenvalue weighted by molar-refractivity contribution is -0.126. The van der Waals surface area contributed by atoms with E-state index in [1.807, 2.05) is 30.3 Å². The second-order valence-electron chi connectivity index (χ2n) is 4.59. The minimum Gasteiger partial charge on any atom is -0.493 e. The molecule has 0 aliphatic heterocycles. The molecule has 1 N–H and O–H groups in total. The van der Waals surface area contributed by atoms with Crippen molar-refractivity contribution in [2.45, 2.75) is 6.10 Å². The molecule has 2 rings (SSSR count). The van der Waals surface area contributed by atoms with Gasteiger partial charge in [-0.3, -0.25) is 4.79 Å². The molecule has 2 aromatic carbocycles. The van der Waals surface area contributed by atoms with Crippen LogP contribution in [0.1, 0.15) is 11.7 Å². The van der Waals surface area contributed by atoms with Crippen molar-refractivity contribution in [3.8, 4) is 11.5 Å². The summed E-state index contributed by atoms with van der Waals surface area (Å²) in [6.07, 6.45) is -0.672. The minimum atomic E-state index is -0.672. The summed E-state index contributed by atoms with van der Waals surface area (Å²) in [5.74, 6) is 0.904. The maximum atomic E-state index is 12.4. The number of amides is 1. The highest BCUT2D eigenvalue weighted by Gasteiger charge is 2.20. The van der Waals surface area contributed by atoms with E-state index < -0.39 is 6.10 Å². The first-order valence-corrected chi connectivity index (χ1v) is 6.80. The van der Waals surface area contributed by atoms with Crippen LogP contribution in [0.2, 0.25) is 0 Å². The van der Waals surface area contributed by atoms with Crippen LogP contribution in [0.15, 0.2) is 48.5 Å². The summed E-state index contributed by atoms with van der Waals surface area (Å²) in [6, 6.07) is 14.5. The first-order chi connectivity index (χ1) is 10.7. The molecule has 0 aliphatic carbocycles. The van der Waals surface area contributed by atoms with Gasteiger partial charge in [0.25, 0.3) is 5.91 Å². The molecule has 116 valence electrons. The van der Waals surface area contributed by atoms with Crippen molar-refractivity contribution in [1.82, 2.24) is 0 Å². The van der Waals surface area contributed by atoms with Gasteiger partial charge in [-0.1, -0.05) is 30.3 Å². The lowest BCUT2D eigenvalue weighted by Gasteiger charge is -2.16. The van der Waals surface area contributed by atoms with Gasteiger partial charge in [0, 0.05) is 18.9 Å². The molecule has 5 nitrogen and oxygen atoms in total. The Morgan fingerprint density at radius 1 is 0.955 bits per heavy atom. The second kappa shape index (κ2) is 7.47. The Kier molecular flexibility index (Phi) is 5.38. The van der Waals surface area contributed by atoms with Crippen LogP contribution in [0, 0.1) is 0 Å². The Hall–Kier alpha value is -2.53. The van der Waals surface area contributed by atoms with Crippen molar-refractivity contribution in [2.24, 2.45) is 0 Å². The predicted octanol–water partition coefficient (Wildman–Crippen LogP) is 3.03. The standard InChI is InChI=1S/C17H19NO4/c1-20-14-10-9-13(11-15(14)21-2)18-17(19)16(22-3)12-7-5-4-6-8-12/h4-11,16H,1-3H3,(H,18,19). The molecular formula is C17H19NO4. The molecule has 0 spiro atoms. The summed E-state index contributed by atoms with van der Waals surface area (Å²) < 4.78 is 15.7. The van der Waals surface area contributed by atoms with E-state index in [1.54, 1.807) is 32.4 Å². The number of carbonyl (C=O) groups is 1. The minimum absolute atomic E-state index is 0.249. The van der Waals surface area contributed by atoms with Gasteiger partial charge in [-0.15, -0.1) is 0 Å². The molecule has 0 aromatic heterocycles. The molecule has 0 radical (unpaired) electrons. The van der Waals surface area contributed by atoms with Gasteiger partial charge < -0.3 is 19.5 Å². The van der Waals surface area contributed by atoms with Gasteiger partial charge in [0.1, 0.15) is 0 Å². The number of hydrogen-bond acceptors (Lipinski definition) is 4. The monoisotopic (exact) mass is 301 g/mol. The van der Waals surface area contributed by atoms with Crippen molar-refractivity contribution in [2.75, 3.05) is 26.6 Å². The molecule has 0 heterocycles. The predicted molar refractivity (Wildman–Crippen MR) is 84.4 cm³/mol. The van der Waals surface area contributed by atoms with Gasteiger partial charge in [-0.2, -0.15) is 0 Å². The number of ether oxygens (including phenoxy) is 3. The maximum Gasteiger partial charge on any atom is 0.258 e. The quantitative estimate of drug-likeness (QED) is 0.891. The molecule has 0 bridgehead atoms. The molecule has 1 atom stereocenters. The van der Waals surface area contributed by atoms with Crippen LogP contribution in [0.3, 0.4) is 0 Å². The molecule has 22 heavy (non-hydrogen) atoms. The van der Waals surface area contributed by atoms with Gasteiger partial charge >= 0.3 is 0 Å². The fourth-order valence-corrected chi connectivity index (χ4v) is 2.14. The Labute approximate surface area is 129 Å². The lowest BCUT2D eigenvalue weighted by atomic mass is 10.1. The zero-order valence-electron chi connectivity index (χ0n) is 12.8. The third kappa shape index (κ3) is 3.56. The molecule has 0 saturated carbocycles. The molecular weight excluding hydrogens is 282 g/mol. The van der Waals surface area contributed by atoms with Crippen LogP contribution in [-0.2, 0) is 9.53 Å². The average Bonchev–Trinajstić information content (AvgIpc) is 2.56. The number of anilines is 1. The van der Waals surface area contributed by atoms with E-state index in [9.17, 15) is 4.79 Å². The summed E-state index contributed by atoms with van der Waals surface area (Å²) in [6.45, 7) is 0. The number of benzene rings is 2. The van der Waals surface area contributed by atoms with E-state index in [1.165, 1.54) is 7.11 Å². The normalized spacial score (nSPS) is 11.6. The van der Waals surface area contributed by atoms with E-state index in [-0.39, 0.29) is 5.91 Å². The molecule has 5 heteroatoms. The molecule has 0 saturated heterocycles. The fourth-order valence-electron chi connectivity index (χ4n) is 2.14. The Balaban J connectivity index is 2.17. The van der Waals surface area contributed by atoms with Gasteiger partial charge in [0.15, 0.2) is 17.6 Å². The summed E-state index contributed by atoms with van der Waals surface area (Å²) in [4.78, 5) is 12.4. The number of nitrogens with one attached hydrogen (secondary N) is 1. The maximum absolute atomic E-state index is 12.4. The van der Waals surface area contributed by atoms with Gasteiger partial charge in [-0.05, 0) is 17.7 Å². The number of rotatable bonds is 6. The molecule has 2 aromatic rings.